The minimum Gasteiger partial charge on any atom is -0.378 e. The molecule has 2 saturated heterocycles. The number of hydrogen-bond donors (Lipinski definition) is 0. The van der Waals surface area contributed by atoms with E-state index in [9.17, 15) is 9.59 Å². The summed E-state index contributed by atoms with van der Waals surface area (Å²) in [6, 6.07) is 6.58. The predicted molar refractivity (Wildman–Crippen MR) is 107 cm³/mol. The van der Waals surface area contributed by atoms with E-state index in [-0.39, 0.29) is 11.8 Å². The highest BCUT2D eigenvalue weighted by Gasteiger charge is 2.25. The van der Waals surface area contributed by atoms with Crippen LogP contribution in [0, 0.1) is 0 Å². The molecular weight excluding hydrogens is 354 g/mol. The van der Waals surface area contributed by atoms with Crippen LogP contribution in [0.5, 0.6) is 0 Å². The molecule has 0 atom stereocenters. The number of aryl methyl sites for hydroxylation is 2. The van der Waals surface area contributed by atoms with E-state index in [1.807, 2.05) is 9.80 Å². The zero-order valence-corrected chi connectivity index (χ0v) is 16.7. The minimum atomic E-state index is 0.178. The van der Waals surface area contributed by atoms with Gasteiger partial charge >= 0.3 is 0 Å². The van der Waals surface area contributed by atoms with Crippen LogP contribution < -0.4 is 0 Å². The topological polar surface area (TPSA) is 53.1 Å². The molecule has 2 heterocycles. The Kier molecular flexibility index (Phi) is 6.27. The van der Waals surface area contributed by atoms with Crippen LogP contribution in [0.3, 0.4) is 0 Å². The summed E-state index contributed by atoms with van der Waals surface area (Å²) in [5, 5.41) is 0. The van der Waals surface area contributed by atoms with Gasteiger partial charge in [0.15, 0.2) is 0 Å². The molecular formula is C22H31N3O3. The Bertz CT molecular complexity index is 707. The Labute approximate surface area is 167 Å². The molecule has 152 valence electrons. The van der Waals surface area contributed by atoms with E-state index < -0.39 is 0 Å². The molecule has 6 heteroatoms. The first-order valence-corrected chi connectivity index (χ1v) is 10.7. The van der Waals surface area contributed by atoms with Crippen LogP contribution in [0.15, 0.2) is 18.2 Å². The van der Waals surface area contributed by atoms with Crippen LogP contribution in [0.2, 0.25) is 0 Å². The third kappa shape index (κ3) is 4.73. The van der Waals surface area contributed by atoms with Gasteiger partial charge in [-0.15, -0.1) is 0 Å². The molecule has 0 N–H and O–H groups in total. The lowest BCUT2D eigenvalue weighted by Crippen LogP contribution is -2.52. The molecule has 0 unspecified atom stereocenters. The van der Waals surface area contributed by atoms with Crippen molar-refractivity contribution in [1.82, 2.24) is 14.7 Å². The first kappa shape index (κ1) is 19.4. The van der Waals surface area contributed by atoms with Crippen molar-refractivity contribution in [3.05, 3.63) is 34.9 Å². The molecule has 1 aliphatic carbocycles. The highest BCUT2D eigenvalue weighted by atomic mass is 16.5. The number of ether oxygens (including phenoxy) is 1. The zero-order valence-electron chi connectivity index (χ0n) is 16.7. The molecule has 0 radical (unpaired) electrons. The van der Waals surface area contributed by atoms with Gasteiger partial charge in [0, 0.05) is 39.3 Å². The van der Waals surface area contributed by atoms with Crippen molar-refractivity contribution < 1.29 is 14.3 Å². The molecule has 4 rings (SSSR count). The summed E-state index contributed by atoms with van der Waals surface area (Å²) in [5.41, 5.74) is 4.03. The van der Waals surface area contributed by atoms with E-state index in [4.69, 9.17) is 4.74 Å². The van der Waals surface area contributed by atoms with E-state index in [1.165, 1.54) is 30.4 Å². The first-order valence-electron chi connectivity index (χ1n) is 10.7. The molecule has 2 amide bonds. The summed E-state index contributed by atoms with van der Waals surface area (Å²) < 4.78 is 5.31. The zero-order chi connectivity index (χ0) is 19.3. The number of morpholine rings is 1. The van der Waals surface area contributed by atoms with Crippen molar-refractivity contribution in [3.63, 3.8) is 0 Å². The first-order chi connectivity index (χ1) is 13.7. The van der Waals surface area contributed by atoms with E-state index in [0.29, 0.717) is 52.4 Å². The standard InChI is InChI=1S/C22H31N3O3/c26-21(16-18-5-6-19-3-1-2-4-20(19)15-18)24-9-7-23(8-10-24)17-22(27)25-11-13-28-14-12-25/h5-6,15H,1-4,7-14,16-17H2. The second-order valence-corrected chi connectivity index (χ2v) is 8.14. The number of amides is 2. The lowest BCUT2D eigenvalue weighted by molar-refractivity contribution is -0.137. The molecule has 0 saturated carbocycles. The van der Waals surface area contributed by atoms with Gasteiger partial charge in [-0.1, -0.05) is 18.2 Å². The van der Waals surface area contributed by atoms with Crippen LogP contribution in [0.1, 0.15) is 29.5 Å². The third-order valence-electron chi connectivity index (χ3n) is 6.22. The lowest BCUT2D eigenvalue weighted by Gasteiger charge is -2.36. The number of hydrogen-bond acceptors (Lipinski definition) is 4. The fraction of sp³-hybridized carbons (Fsp3) is 0.636. The molecule has 0 aromatic heterocycles. The van der Waals surface area contributed by atoms with Crippen LogP contribution in [-0.4, -0.2) is 85.5 Å². The number of piperazine rings is 1. The van der Waals surface area contributed by atoms with Crippen molar-refractivity contribution >= 4 is 11.8 Å². The normalized spacial score (nSPS) is 20.7. The Morgan fingerprint density at radius 2 is 1.50 bits per heavy atom. The maximum atomic E-state index is 12.7. The molecule has 1 aromatic carbocycles. The molecule has 2 fully saturated rings. The number of fused-ring (bicyclic) bond motifs is 1. The second-order valence-electron chi connectivity index (χ2n) is 8.14. The van der Waals surface area contributed by atoms with E-state index in [2.05, 4.69) is 23.1 Å². The molecule has 2 aliphatic heterocycles. The van der Waals surface area contributed by atoms with E-state index in [0.717, 1.165) is 25.1 Å². The van der Waals surface area contributed by atoms with Crippen LogP contribution in [-0.2, 0) is 33.6 Å². The second kappa shape index (κ2) is 9.05. The average Bonchev–Trinajstić information content (AvgIpc) is 2.75. The highest BCUT2D eigenvalue weighted by Crippen LogP contribution is 2.22. The highest BCUT2D eigenvalue weighted by molar-refractivity contribution is 5.79. The Balaban J connectivity index is 1.24. The van der Waals surface area contributed by atoms with Crippen LogP contribution in [0.4, 0.5) is 0 Å². The van der Waals surface area contributed by atoms with E-state index in [1.54, 1.807) is 0 Å². The summed E-state index contributed by atoms with van der Waals surface area (Å²) >= 11 is 0. The Morgan fingerprint density at radius 1 is 0.821 bits per heavy atom. The SMILES string of the molecule is O=C(Cc1ccc2c(c1)CCCC2)N1CCN(CC(=O)N2CCOCC2)CC1. The predicted octanol–water partition coefficient (Wildman–Crippen LogP) is 1.11. The number of nitrogens with zero attached hydrogens (tertiary/aromatic N) is 3. The molecule has 6 nitrogen and oxygen atoms in total. The summed E-state index contributed by atoms with van der Waals surface area (Å²) in [7, 11) is 0. The quantitative estimate of drug-likeness (QED) is 0.779. The number of rotatable bonds is 4. The monoisotopic (exact) mass is 385 g/mol. The van der Waals surface area contributed by atoms with Gasteiger partial charge in [-0.3, -0.25) is 14.5 Å². The third-order valence-corrected chi connectivity index (χ3v) is 6.22. The number of carbonyl (C=O) groups is 2. The average molecular weight is 386 g/mol. The van der Waals surface area contributed by atoms with Crippen molar-refractivity contribution in [2.24, 2.45) is 0 Å². The Hall–Kier alpha value is -1.92. The van der Waals surface area contributed by atoms with Gasteiger partial charge in [0.1, 0.15) is 0 Å². The largest absolute Gasteiger partial charge is 0.378 e. The molecule has 3 aliphatic rings. The fourth-order valence-electron chi connectivity index (χ4n) is 4.44. The summed E-state index contributed by atoms with van der Waals surface area (Å²) in [6.45, 7) is 6.06. The van der Waals surface area contributed by atoms with Gasteiger partial charge in [-0.2, -0.15) is 0 Å². The molecule has 28 heavy (non-hydrogen) atoms. The van der Waals surface area contributed by atoms with Crippen molar-refractivity contribution in [1.29, 1.82) is 0 Å². The molecule has 1 aromatic rings. The number of carbonyl (C=O) groups excluding carboxylic acids is 2. The summed E-state index contributed by atoms with van der Waals surface area (Å²) in [6.07, 6.45) is 5.35. The smallest absolute Gasteiger partial charge is 0.236 e. The van der Waals surface area contributed by atoms with Gasteiger partial charge in [0.2, 0.25) is 11.8 Å². The van der Waals surface area contributed by atoms with Gasteiger partial charge in [0.05, 0.1) is 26.2 Å². The van der Waals surface area contributed by atoms with Crippen LogP contribution >= 0.6 is 0 Å². The fourth-order valence-corrected chi connectivity index (χ4v) is 4.44. The van der Waals surface area contributed by atoms with Gasteiger partial charge in [-0.25, -0.2) is 0 Å². The minimum absolute atomic E-state index is 0.178. The Morgan fingerprint density at radius 3 is 2.25 bits per heavy atom. The molecule has 0 spiro atoms. The van der Waals surface area contributed by atoms with Gasteiger partial charge in [-0.05, 0) is 42.4 Å². The van der Waals surface area contributed by atoms with Gasteiger partial charge in [0.25, 0.3) is 0 Å². The van der Waals surface area contributed by atoms with Crippen molar-refractivity contribution in [2.75, 3.05) is 59.0 Å². The molecule has 0 bridgehead atoms. The maximum Gasteiger partial charge on any atom is 0.236 e. The number of benzene rings is 1. The van der Waals surface area contributed by atoms with Crippen LogP contribution in [0.25, 0.3) is 0 Å². The lowest BCUT2D eigenvalue weighted by atomic mass is 9.90. The van der Waals surface area contributed by atoms with Gasteiger partial charge < -0.3 is 14.5 Å². The van der Waals surface area contributed by atoms with Crippen molar-refractivity contribution in [3.8, 4) is 0 Å². The summed E-state index contributed by atoms with van der Waals surface area (Å²) in [5.74, 6) is 0.382. The maximum absolute atomic E-state index is 12.7. The van der Waals surface area contributed by atoms with E-state index >= 15 is 0 Å². The summed E-state index contributed by atoms with van der Waals surface area (Å²) in [4.78, 5) is 31.1. The van der Waals surface area contributed by atoms with Crippen molar-refractivity contribution in [2.45, 2.75) is 32.1 Å².